The molecule has 0 amide bonds. The quantitative estimate of drug-likeness (QED) is 0.869. The molecular formula is C17H28N2. The zero-order valence-corrected chi connectivity index (χ0v) is 12.6. The second-order valence-electron chi connectivity index (χ2n) is 3.15. The molecule has 4 N–H and O–H groups in total. The maximum Gasteiger partial charge on any atom is -0.00258 e. The van der Waals surface area contributed by atoms with Crippen molar-refractivity contribution in [3.8, 4) is 0 Å². The molecule has 0 saturated carbocycles. The predicted octanol–water partition coefficient (Wildman–Crippen LogP) is 3.45. The second kappa shape index (κ2) is 16.4. The summed E-state index contributed by atoms with van der Waals surface area (Å²) in [6.45, 7) is 4.00. The van der Waals surface area contributed by atoms with E-state index >= 15 is 0 Å². The van der Waals surface area contributed by atoms with Crippen LogP contribution in [0.3, 0.4) is 0 Å². The van der Waals surface area contributed by atoms with Crippen LogP contribution in [0.25, 0.3) is 0 Å². The Kier molecular flexibility index (Phi) is 17.0. The largest absolute Gasteiger partial charge is 0.333 e. The van der Waals surface area contributed by atoms with Gasteiger partial charge >= 0.3 is 0 Å². The van der Waals surface area contributed by atoms with Gasteiger partial charge in [-0.2, -0.15) is 0 Å². The third kappa shape index (κ3) is 10.0. The number of nitrogens with two attached hydrogens (primary N) is 2. The molecule has 0 heterocycles. The van der Waals surface area contributed by atoms with Crippen LogP contribution >= 0.6 is 0 Å². The lowest BCUT2D eigenvalue weighted by Crippen LogP contribution is -1.85. The summed E-state index contributed by atoms with van der Waals surface area (Å²) >= 11 is 0. The van der Waals surface area contributed by atoms with Gasteiger partial charge in [0.05, 0.1) is 0 Å². The molecule has 0 unspecified atom stereocenters. The normalized spacial score (nSPS) is 7.68. The van der Waals surface area contributed by atoms with Crippen molar-refractivity contribution in [2.45, 2.75) is 20.3 Å². The molecule has 0 saturated heterocycles. The molecule has 0 aliphatic carbocycles. The van der Waals surface area contributed by atoms with Crippen LogP contribution < -0.4 is 11.5 Å². The highest BCUT2D eigenvalue weighted by Crippen LogP contribution is 2.07. The molecule has 2 heteroatoms. The monoisotopic (exact) mass is 260 g/mol. The summed E-state index contributed by atoms with van der Waals surface area (Å²) in [7, 11) is 3.00. The average Bonchev–Trinajstić information content (AvgIpc) is 2.55. The van der Waals surface area contributed by atoms with Crippen LogP contribution in [0, 0.1) is 0 Å². The van der Waals surface area contributed by atoms with E-state index in [2.05, 4.69) is 72.1 Å². The Bertz CT molecular complexity index is 320. The van der Waals surface area contributed by atoms with E-state index in [0.717, 1.165) is 6.42 Å². The summed E-state index contributed by atoms with van der Waals surface area (Å²) in [6, 6.07) is 21.1. The van der Waals surface area contributed by atoms with Crippen LogP contribution in [0.1, 0.15) is 25.0 Å². The topological polar surface area (TPSA) is 52.0 Å². The molecule has 0 radical (unpaired) electrons. The fourth-order valence-electron chi connectivity index (χ4n) is 1.43. The fourth-order valence-corrected chi connectivity index (χ4v) is 1.43. The van der Waals surface area contributed by atoms with Crippen LogP contribution in [-0.2, 0) is 6.42 Å². The predicted molar refractivity (Wildman–Crippen MR) is 87.3 cm³/mol. The number of rotatable bonds is 2. The van der Waals surface area contributed by atoms with Gasteiger partial charge in [0.15, 0.2) is 0 Å². The van der Waals surface area contributed by atoms with E-state index in [0.29, 0.717) is 0 Å². The van der Waals surface area contributed by atoms with E-state index in [-0.39, 0.29) is 0 Å². The molecule has 2 aromatic rings. The molecule has 0 aromatic heterocycles. The average molecular weight is 260 g/mol. The molecule has 0 bridgehead atoms. The first-order valence-electron chi connectivity index (χ1n) is 6.68. The van der Waals surface area contributed by atoms with E-state index in [1.54, 1.807) is 0 Å². The molecule has 2 nitrogen and oxygen atoms in total. The van der Waals surface area contributed by atoms with Gasteiger partial charge in [-0.3, -0.25) is 0 Å². The van der Waals surface area contributed by atoms with Gasteiger partial charge in [0.25, 0.3) is 0 Å². The van der Waals surface area contributed by atoms with Crippen LogP contribution in [0.5, 0.6) is 0 Å². The third-order valence-corrected chi connectivity index (χ3v) is 2.09. The van der Waals surface area contributed by atoms with Gasteiger partial charge in [-0.1, -0.05) is 74.5 Å². The number of benzene rings is 2. The molecule has 19 heavy (non-hydrogen) atoms. The van der Waals surface area contributed by atoms with Crippen molar-refractivity contribution in [3.63, 3.8) is 0 Å². The van der Waals surface area contributed by atoms with Crippen LogP contribution in [-0.4, -0.2) is 14.1 Å². The highest BCUT2D eigenvalue weighted by atomic mass is 14.4. The summed E-state index contributed by atoms with van der Waals surface area (Å²) in [5.74, 6) is 0. The van der Waals surface area contributed by atoms with Gasteiger partial charge in [0.1, 0.15) is 0 Å². The minimum Gasteiger partial charge on any atom is -0.333 e. The highest BCUT2D eigenvalue weighted by molar-refractivity contribution is 5.25. The molecule has 0 aliphatic rings. The first-order chi connectivity index (χ1) is 9.45. The van der Waals surface area contributed by atoms with Crippen molar-refractivity contribution < 1.29 is 0 Å². The van der Waals surface area contributed by atoms with Crippen molar-refractivity contribution in [1.29, 1.82) is 0 Å². The van der Waals surface area contributed by atoms with Gasteiger partial charge in [-0.05, 0) is 31.6 Å². The molecule has 0 spiro atoms. The molecular weight excluding hydrogens is 232 g/mol. The van der Waals surface area contributed by atoms with Crippen LogP contribution in [0.2, 0.25) is 0 Å². The van der Waals surface area contributed by atoms with Gasteiger partial charge in [-0.25, -0.2) is 0 Å². The first-order valence-corrected chi connectivity index (χ1v) is 6.68. The number of hydrogen-bond donors (Lipinski definition) is 2. The van der Waals surface area contributed by atoms with E-state index in [4.69, 9.17) is 0 Å². The van der Waals surface area contributed by atoms with Crippen molar-refractivity contribution in [1.82, 2.24) is 0 Å². The molecule has 2 aromatic carbocycles. The van der Waals surface area contributed by atoms with E-state index in [9.17, 15) is 0 Å². The van der Waals surface area contributed by atoms with Crippen LogP contribution in [0.4, 0.5) is 0 Å². The van der Waals surface area contributed by atoms with Crippen LogP contribution in [0.15, 0.2) is 60.7 Å². The van der Waals surface area contributed by atoms with Gasteiger partial charge in [-0.15, -0.1) is 0 Å². The minimum atomic E-state index is 1.03. The lowest BCUT2D eigenvalue weighted by Gasteiger charge is -2.00. The second-order valence-corrected chi connectivity index (χ2v) is 3.15. The zero-order chi connectivity index (χ0) is 14.9. The van der Waals surface area contributed by atoms with Gasteiger partial charge in [0.2, 0.25) is 0 Å². The zero-order valence-electron chi connectivity index (χ0n) is 12.6. The van der Waals surface area contributed by atoms with E-state index < -0.39 is 0 Å². The minimum absolute atomic E-state index is 1.03. The Morgan fingerprint density at radius 3 is 1.11 bits per heavy atom. The molecule has 0 atom stereocenters. The summed E-state index contributed by atoms with van der Waals surface area (Å²) in [6.07, 6.45) is 1.03. The summed E-state index contributed by atoms with van der Waals surface area (Å²) in [5.41, 5.74) is 11.7. The maximum atomic E-state index is 4.50. The summed E-state index contributed by atoms with van der Waals surface area (Å²) in [4.78, 5) is 0. The Morgan fingerprint density at radius 2 is 0.842 bits per heavy atom. The summed E-state index contributed by atoms with van der Waals surface area (Å²) < 4.78 is 0. The number of hydrogen-bond acceptors (Lipinski definition) is 2. The standard InChI is InChI=1S/C13H12.C2H6.2CH5N/c1-3-7-12(8-4-1)11-13-9-5-2-6-10-13;3*1-2/h1-10H,11H2;1-2H3;2*2H2,1H3. The van der Waals surface area contributed by atoms with E-state index in [1.165, 1.54) is 25.2 Å². The van der Waals surface area contributed by atoms with Crippen molar-refractivity contribution in [2.75, 3.05) is 14.1 Å². The lowest BCUT2D eigenvalue weighted by molar-refractivity contribution is 1.19. The molecule has 0 fully saturated rings. The van der Waals surface area contributed by atoms with Crippen molar-refractivity contribution in [3.05, 3.63) is 71.8 Å². The smallest absolute Gasteiger partial charge is 0.00258 e. The van der Waals surface area contributed by atoms with E-state index in [1.807, 2.05) is 13.8 Å². The Morgan fingerprint density at radius 1 is 0.579 bits per heavy atom. The van der Waals surface area contributed by atoms with Gasteiger partial charge in [0, 0.05) is 0 Å². The van der Waals surface area contributed by atoms with Gasteiger partial charge < -0.3 is 11.5 Å². The van der Waals surface area contributed by atoms with Crippen molar-refractivity contribution in [2.24, 2.45) is 11.5 Å². The molecule has 106 valence electrons. The Balaban J connectivity index is 0. The molecule has 0 aliphatic heterocycles. The SMILES string of the molecule is CC.CN.CN.c1ccc(Cc2ccccc2)cc1. The highest BCUT2D eigenvalue weighted by Gasteiger charge is 1.92. The third-order valence-electron chi connectivity index (χ3n) is 2.09. The first kappa shape index (κ1) is 19.7. The Hall–Kier alpha value is -1.64. The molecule has 2 rings (SSSR count). The van der Waals surface area contributed by atoms with Crippen molar-refractivity contribution >= 4 is 0 Å². The fraction of sp³-hybridized carbons (Fsp3) is 0.294. The summed E-state index contributed by atoms with van der Waals surface area (Å²) in [5, 5.41) is 0. The Labute approximate surface area is 118 Å². The lowest BCUT2D eigenvalue weighted by atomic mass is 10.1. The maximum absolute atomic E-state index is 4.50.